The number of ketones is 1. The highest BCUT2D eigenvalue weighted by molar-refractivity contribution is 7.14. The lowest BCUT2D eigenvalue weighted by molar-refractivity contribution is -0.114. The van der Waals surface area contributed by atoms with Crippen molar-refractivity contribution in [1.29, 1.82) is 5.26 Å². The molecule has 9 heteroatoms. The molecular formula is C34H31NO7S. The van der Waals surface area contributed by atoms with E-state index in [1.165, 1.54) is 13.2 Å². The maximum Gasteiger partial charge on any atom is 0.348 e. The third-order valence-electron chi connectivity index (χ3n) is 6.66. The summed E-state index contributed by atoms with van der Waals surface area (Å²) in [6.45, 7) is 5.58. The monoisotopic (exact) mass is 597 g/mol. The molecule has 0 aliphatic heterocycles. The van der Waals surface area contributed by atoms with E-state index in [1.54, 1.807) is 39.0 Å². The molecule has 0 bridgehead atoms. The van der Waals surface area contributed by atoms with E-state index < -0.39 is 17.7 Å². The van der Waals surface area contributed by atoms with Crippen molar-refractivity contribution in [2.45, 2.75) is 33.8 Å². The first kappa shape index (κ1) is 31.0. The molecule has 0 amide bonds. The van der Waals surface area contributed by atoms with E-state index in [2.05, 4.69) is 0 Å². The van der Waals surface area contributed by atoms with Crippen LogP contribution in [0.5, 0.6) is 11.5 Å². The lowest BCUT2D eigenvalue weighted by Gasteiger charge is -2.13. The molecule has 0 saturated heterocycles. The number of hydrogen-bond acceptors (Lipinski definition) is 9. The summed E-state index contributed by atoms with van der Waals surface area (Å²) in [7, 11) is 1.52. The van der Waals surface area contributed by atoms with E-state index in [-0.39, 0.29) is 35.6 Å². The highest BCUT2D eigenvalue weighted by atomic mass is 32.1. The molecule has 0 unspecified atom stereocenters. The number of carbonyl (C=O) groups is 3. The van der Waals surface area contributed by atoms with E-state index in [4.69, 9.17) is 18.9 Å². The molecule has 1 aromatic heterocycles. The molecule has 0 aliphatic carbocycles. The number of methoxy groups -OCH3 is 1. The summed E-state index contributed by atoms with van der Waals surface area (Å²) in [6.07, 6.45) is 1.19. The maximum absolute atomic E-state index is 13.3. The summed E-state index contributed by atoms with van der Waals surface area (Å²) in [5.41, 5.74) is 1.99. The van der Waals surface area contributed by atoms with Gasteiger partial charge < -0.3 is 18.9 Å². The molecule has 0 aliphatic rings. The van der Waals surface area contributed by atoms with Crippen LogP contribution in [-0.2, 0) is 27.3 Å². The van der Waals surface area contributed by atoms with Crippen LogP contribution in [0.15, 0.2) is 66.2 Å². The number of carbonyl (C=O) groups excluding carboxylic acids is 3. The number of thiophene rings is 1. The Balaban J connectivity index is 1.57. The average molecular weight is 598 g/mol. The van der Waals surface area contributed by atoms with Gasteiger partial charge in [0.2, 0.25) is 0 Å². The van der Waals surface area contributed by atoms with Crippen LogP contribution in [0.1, 0.15) is 55.4 Å². The third-order valence-corrected chi connectivity index (χ3v) is 7.94. The summed E-state index contributed by atoms with van der Waals surface area (Å²) in [4.78, 5) is 39.0. The summed E-state index contributed by atoms with van der Waals surface area (Å²) < 4.78 is 21.9. The quantitative estimate of drug-likeness (QED) is 0.0988. The van der Waals surface area contributed by atoms with Crippen molar-refractivity contribution in [2.75, 3.05) is 20.3 Å². The Hall–Kier alpha value is -4.94. The van der Waals surface area contributed by atoms with Gasteiger partial charge >= 0.3 is 11.9 Å². The molecule has 8 nitrogen and oxygen atoms in total. The number of Topliss-reactive ketones (excluding diaryl/α,β-unsaturated/α-hetero) is 1. The number of ether oxygens (including phenoxy) is 4. The van der Waals surface area contributed by atoms with Gasteiger partial charge in [-0.1, -0.05) is 48.5 Å². The topological polar surface area (TPSA) is 112 Å². The second-order valence-electron chi connectivity index (χ2n) is 9.40. The van der Waals surface area contributed by atoms with Crippen molar-refractivity contribution >= 4 is 45.9 Å². The van der Waals surface area contributed by atoms with Crippen molar-refractivity contribution in [3.63, 3.8) is 0 Å². The zero-order chi connectivity index (χ0) is 30.9. The fourth-order valence-corrected chi connectivity index (χ4v) is 5.79. The number of allylic oxidation sites excluding steroid dienone is 1. The Labute approximate surface area is 254 Å². The molecule has 0 radical (unpaired) electrons. The fraction of sp³-hybridized carbons (Fsp3) is 0.235. The van der Waals surface area contributed by atoms with Gasteiger partial charge in [-0.05, 0) is 66.4 Å². The zero-order valence-electron chi connectivity index (χ0n) is 24.4. The van der Waals surface area contributed by atoms with Crippen LogP contribution in [0.3, 0.4) is 0 Å². The van der Waals surface area contributed by atoms with E-state index in [1.807, 2.05) is 48.5 Å². The van der Waals surface area contributed by atoms with Gasteiger partial charge in [0.25, 0.3) is 0 Å². The molecule has 0 spiro atoms. The van der Waals surface area contributed by atoms with Gasteiger partial charge in [0.05, 0.1) is 31.5 Å². The van der Waals surface area contributed by atoms with E-state index in [9.17, 15) is 19.6 Å². The van der Waals surface area contributed by atoms with Crippen molar-refractivity contribution in [2.24, 2.45) is 0 Å². The molecule has 0 fully saturated rings. The van der Waals surface area contributed by atoms with Crippen molar-refractivity contribution < 1.29 is 33.3 Å². The molecule has 1 heterocycles. The van der Waals surface area contributed by atoms with Gasteiger partial charge in [-0.15, -0.1) is 11.3 Å². The molecule has 220 valence electrons. The SMILES string of the molecule is CCOC(=O)c1sc(CC(=O)/C(C#N)=C/c2ccc(OCc3cccc4ccccc34)c(OC)c2)c(C(=O)OCC)c1C. The smallest absolute Gasteiger partial charge is 0.348 e. The summed E-state index contributed by atoms with van der Waals surface area (Å²) in [5, 5.41) is 12.1. The number of nitriles is 1. The Kier molecular flexibility index (Phi) is 10.3. The molecule has 43 heavy (non-hydrogen) atoms. The van der Waals surface area contributed by atoms with Gasteiger partial charge in [0.15, 0.2) is 17.3 Å². The Bertz CT molecular complexity index is 1740. The molecule has 4 rings (SSSR count). The summed E-state index contributed by atoms with van der Waals surface area (Å²) in [6, 6.07) is 21.2. The van der Waals surface area contributed by atoms with Crippen molar-refractivity contribution in [1.82, 2.24) is 0 Å². The number of fused-ring (bicyclic) bond motifs is 1. The van der Waals surface area contributed by atoms with Gasteiger partial charge in [-0.2, -0.15) is 5.26 Å². The van der Waals surface area contributed by atoms with Crippen LogP contribution < -0.4 is 9.47 Å². The molecule has 0 atom stereocenters. The molecule has 3 aromatic carbocycles. The van der Waals surface area contributed by atoms with Crippen LogP contribution in [-0.4, -0.2) is 38.0 Å². The second-order valence-corrected chi connectivity index (χ2v) is 10.5. The number of nitrogens with zero attached hydrogens (tertiary/aromatic N) is 1. The lowest BCUT2D eigenvalue weighted by Crippen LogP contribution is -2.12. The standard InChI is InChI=1S/C34H31NO7S/c1-5-40-33(37)31-21(3)32(34(38)41-6-2)43-30(31)18-27(36)25(19-35)16-22-14-15-28(29(17-22)39-4)42-20-24-12-9-11-23-10-7-8-13-26(23)24/h7-17H,5-6,18,20H2,1-4H3/b25-16+. The van der Waals surface area contributed by atoms with Crippen LogP contribution >= 0.6 is 11.3 Å². The fourth-order valence-electron chi connectivity index (χ4n) is 4.61. The number of rotatable bonds is 12. The number of esters is 2. The van der Waals surface area contributed by atoms with E-state index in [0.29, 0.717) is 34.1 Å². The minimum absolute atomic E-state index is 0.120. The summed E-state index contributed by atoms with van der Waals surface area (Å²) in [5.74, 6) is -0.783. The minimum atomic E-state index is -0.638. The van der Waals surface area contributed by atoms with E-state index >= 15 is 0 Å². The normalized spacial score (nSPS) is 11.1. The van der Waals surface area contributed by atoms with Gasteiger partial charge in [0, 0.05) is 11.3 Å². The summed E-state index contributed by atoms with van der Waals surface area (Å²) >= 11 is 0.994. The Morgan fingerprint density at radius 1 is 0.930 bits per heavy atom. The molecule has 4 aromatic rings. The van der Waals surface area contributed by atoms with Crippen LogP contribution in [0.25, 0.3) is 16.8 Å². The lowest BCUT2D eigenvalue weighted by atomic mass is 10.0. The van der Waals surface area contributed by atoms with Crippen LogP contribution in [0.4, 0.5) is 0 Å². The number of benzene rings is 3. The second kappa shape index (κ2) is 14.3. The van der Waals surface area contributed by atoms with Gasteiger partial charge in [-0.25, -0.2) is 9.59 Å². The Morgan fingerprint density at radius 3 is 2.37 bits per heavy atom. The van der Waals surface area contributed by atoms with Gasteiger partial charge in [0.1, 0.15) is 17.6 Å². The third kappa shape index (κ3) is 7.11. The first-order chi connectivity index (χ1) is 20.8. The predicted molar refractivity (Wildman–Crippen MR) is 165 cm³/mol. The van der Waals surface area contributed by atoms with Crippen molar-refractivity contribution in [3.05, 3.63) is 98.2 Å². The van der Waals surface area contributed by atoms with Crippen LogP contribution in [0, 0.1) is 18.3 Å². The molecular weight excluding hydrogens is 566 g/mol. The Morgan fingerprint density at radius 2 is 1.65 bits per heavy atom. The number of hydrogen-bond donors (Lipinski definition) is 0. The van der Waals surface area contributed by atoms with Gasteiger partial charge in [-0.3, -0.25) is 4.79 Å². The molecule has 0 N–H and O–H groups in total. The average Bonchev–Trinajstić information content (AvgIpc) is 3.34. The first-order valence-electron chi connectivity index (χ1n) is 13.7. The zero-order valence-corrected chi connectivity index (χ0v) is 25.2. The predicted octanol–water partition coefficient (Wildman–Crippen LogP) is 6.87. The largest absolute Gasteiger partial charge is 0.493 e. The minimum Gasteiger partial charge on any atom is -0.493 e. The first-order valence-corrected chi connectivity index (χ1v) is 14.5. The molecule has 0 saturated carbocycles. The van der Waals surface area contributed by atoms with Crippen LogP contribution in [0.2, 0.25) is 0 Å². The van der Waals surface area contributed by atoms with Crippen molar-refractivity contribution in [3.8, 4) is 17.6 Å². The highest BCUT2D eigenvalue weighted by Crippen LogP contribution is 2.33. The maximum atomic E-state index is 13.3. The van der Waals surface area contributed by atoms with E-state index in [0.717, 1.165) is 27.7 Å². The highest BCUT2D eigenvalue weighted by Gasteiger charge is 2.28.